The minimum absolute atomic E-state index is 0.201. The van der Waals surface area contributed by atoms with Crippen LogP contribution in [0.1, 0.15) is 31.5 Å². The molecular formula is C13H20N4O3. The highest BCUT2D eigenvalue weighted by molar-refractivity contribution is 5.78. The smallest absolute Gasteiger partial charge is 0.314 e. The zero-order valence-electron chi connectivity index (χ0n) is 11.3. The molecule has 1 aromatic rings. The Morgan fingerprint density at radius 1 is 1.40 bits per heavy atom. The van der Waals surface area contributed by atoms with Crippen molar-refractivity contribution in [2.75, 3.05) is 13.1 Å². The van der Waals surface area contributed by atoms with E-state index in [2.05, 4.69) is 20.6 Å². The number of aliphatic carboxylic acids is 1. The number of aromatic amines is 1. The van der Waals surface area contributed by atoms with E-state index in [1.165, 1.54) is 0 Å². The second-order valence-corrected chi connectivity index (χ2v) is 5.19. The first-order valence-electron chi connectivity index (χ1n) is 6.86. The molecule has 20 heavy (non-hydrogen) atoms. The molecule has 0 unspecified atom stereocenters. The standard InChI is InChI=1S/C13H20N4O3/c18-11(19)13(4-2-5-13)9-17-12(20)16-6-1-3-10-14-7-8-15-10/h7-8H,1-6,9H2,(H,14,15)(H,18,19)(H2,16,17,20). The quantitative estimate of drug-likeness (QED) is 0.556. The fourth-order valence-corrected chi connectivity index (χ4v) is 2.27. The van der Waals surface area contributed by atoms with Gasteiger partial charge in [-0.05, 0) is 19.3 Å². The second kappa shape index (κ2) is 6.40. The van der Waals surface area contributed by atoms with Crippen molar-refractivity contribution in [1.29, 1.82) is 0 Å². The molecule has 0 aliphatic heterocycles. The molecule has 1 aliphatic carbocycles. The number of amides is 2. The van der Waals surface area contributed by atoms with Gasteiger partial charge in [0.05, 0.1) is 5.41 Å². The number of hydrogen-bond donors (Lipinski definition) is 4. The van der Waals surface area contributed by atoms with Gasteiger partial charge >= 0.3 is 12.0 Å². The molecule has 110 valence electrons. The molecule has 1 heterocycles. The van der Waals surface area contributed by atoms with Crippen LogP contribution in [0.5, 0.6) is 0 Å². The molecule has 0 radical (unpaired) electrons. The molecule has 7 nitrogen and oxygen atoms in total. The van der Waals surface area contributed by atoms with Crippen LogP contribution < -0.4 is 10.6 Å². The number of carboxylic acids is 1. The highest BCUT2D eigenvalue weighted by Gasteiger charge is 2.44. The summed E-state index contributed by atoms with van der Waals surface area (Å²) in [6.07, 6.45) is 7.21. The number of aromatic nitrogens is 2. The van der Waals surface area contributed by atoms with E-state index in [4.69, 9.17) is 5.11 Å². The topological polar surface area (TPSA) is 107 Å². The van der Waals surface area contributed by atoms with Crippen molar-refractivity contribution >= 4 is 12.0 Å². The second-order valence-electron chi connectivity index (χ2n) is 5.19. The van der Waals surface area contributed by atoms with Crippen LogP contribution in [-0.4, -0.2) is 40.2 Å². The van der Waals surface area contributed by atoms with Gasteiger partial charge in [0.1, 0.15) is 5.82 Å². The summed E-state index contributed by atoms with van der Waals surface area (Å²) in [7, 11) is 0. The maximum atomic E-state index is 11.6. The Hall–Kier alpha value is -2.05. The Balaban J connectivity index is 1.59. The number of rotatable bonds is 7. The number of carbonyl (C=O) groups excluding carboxylic acids is 1. The monoisotopic (exact) mass is 280 g/mol. The van der Waals surface area contributed by atoms with Gasteiger partial charge in [0, 0.05) is 31.9 Å². The Morgan fingerprint density at radius 3 is 2.75 bits per heavy atom. The highest BCUT2D eigenvalue weighted by Crippen LogP contribution is 2.40. The zero-order valence-corrected chi connectivity index (χ0v) is 11.3. The molecule has 1 aromatic heterocycles. The van der Waals surface area contributed by atoms with Crippen LogP contribution in [0.2, 0.25) is 0 Å². The molecule has 2 rings (SSSR count). The summed E-state index contributed by atoms with van der Waals surface area (Å²) in [4.78, 5) is 29.8. The number of carbonyl (C=O) groups is 2. The number of aryl methyl sites for hydroxylation is 1. The van der Waals surface area contributed by atoms with Crippen LogP contribution in [0.15, 0.2) is 12.4 Å². The molecule has 0 atom stereocenters. The molecule has 0 saturated heterocycles. The van der Waals surface area contributed by atoms with Gasteiger partial charge in [-0.1, -0.05) is 6.42 Å². The Labute approximate surface area is 117 Å². The summed E-state index contributed by atoms with van der Waals surface area (Å²) in [5, 5.41) is 14.5. The maximum absolute atomic E-state index is 11.6. The number of carboxylic acid groups (broad SMARTS) is 1. The Kier molecular flexibility index (Phi) is 4.60. The van der Waals surface area contributed by atoms with Crippen molar-refractivity contribution in [1.82, 2.24) is 20.6 Å². The van der Waals surface area contributed by atoms with Crippen LogP contribution in [0.3, 0.4) is 0 Å². The average molecular weight is 280 g/mol. The van der Waals surface area contributed by atoms with Crippen LogP contribution in [0, 0.1) is 5.41 Å². The summed E-state index contributed by atoms with van der Waals surface area (Å²) in [5.41, 5.74) is -0.745. The van der Waals surface area contributed by atoms with E-state index < -0.39 is 11.4 Å². The average Bonchev–Trinajstić information content (AvgIpc) is 2.86. The molecule has 0 spiro atoms. The molecule has 1 saturated carbocycles. The Bertz CT molecular complexity index is 454. The number of nitrogens with zero attached hydrogens (tertiary/aromatic N) is 1. The molecular weight excluding hydrogens is 260 g/mol. The molecule has 1 fully saturated rings. The van der Waals surface area contributed by atoms with E-state index in [9.17, 15) is 9.59 Å². The van der Waals surface area contributed by atoms with Crippen LogP contribution in [-0.2, 0) is 11.2 Å². The van der Waals surface area contributed by atoms with E-state index in [0.29, 0.717) is 19.4 Å². The lowest BCUT2D eigenvalue weighted by molar-refractivity contribution is -0.153. The highest BCUT2D eigenvalue weighted by atomic mass is 16.4. The normalized spacial score (nSPS) is 16.2. The largest absolute Gasteiger partial charge is 0.481 e. The van der Waals surface area contributed by atoms with Gasteiger partial charge in [0.2, 0.25) is 0 Å². The van der Waals surface area contributed by atoms with E-state index in [1.54, 1.807) is 12.4 Å². The van der Waals surface area contributed by atoms with Crippen molar-refractivity contribution in [2.24, 2.45) is 5.41 Å². The van der Waals surface area contributed by atoms with Crippen molar-refractivity contribution in [3.8, 4) is 0 Å². The van der Waals surface area contributed by atoms with Crippen LogP contribution in [0.25, 0.3) is 0 Å². The Morgan fingerprint density at radius 2 is 2.20 bits per heavy atom. The third-order valence-corrected chi connectivity index (χ3v) is 3.78. The van der Waals surface area contributed by atoms with Crippen molar-refractivity contribution in [3.05, 3.63) is 18.2 Å². The van der Waals surface area contributed by atoms with E-state index in [-0.39, 0.29) is 12.6 Å². The third-order valence-electron chi connectivity index (χ3n) is 3.78. The van der Waals surface area contributed by atoms with Gasteiger partial charge in [0.25, 0.3) is 0 Å². The minimum Gasteiger partial charge on any atom is -0.481 e. The van der Waals surface area contributed by atoms with Gasteiger partial charge in [-0.3, -0.25) is 4.79 Å². The van der Waals surface area contributed by atoms with Crippen LogP contribution >= 0.6 is 0 Å². The predicted molar refractivity (Wildman–Crippen MR) is 72.2 cm³/mol. The van der Waals surface area contributed by atoms with Crippen molar-refractivity contribution in [2.45, 2.75) is 32.1 Å². The van der Waals surface area contributed by atoms with Gasteiger partial charge in [-0.15, -0.1) is 0 Å². The fraction of sp³-hybridized carbons (Fsp3) is 0.615. The van der Waals surface area contributed by atoms with E-state index >= 15 is 0 Å². The summed E-state index contributed by atoms with van der Waals surface area (Å²) >= 11 is 0. The SMILES string of the molecule is O=C(NCCCc1ncc[nH]1)NCC1(C(=O)O)CCC1. The molecule has 0 aromatic carbocycles. The first kappa shape index (κ1) is 14.4. The number of H-pyrrole nitrogens is 1. The summed E-state index contributed by atoms with van der Waals surface area (Å²) < 4.78 is 0. The van der Waals surface area contributed by atoms with Crippen molar-refractivity contribution < 1.29 is 14.7 Å². The molecule has 1 aliphatic rings. The van der Waals surface area contributed by atoms with Gasteiger partial charge in [0.15, 0.2) is 0 Å². The lowest BCUT2D eigenvalue weighted by Gasteiger charge is -2.37. The zero-order chi connectivity index (χ0) is 14.4. The van der Waals surface area contributed by atoms with Gasteiger partial charge < -0.3 is 20.7 Å². The lowest BCUT2D eigenvalue weighted by Crippen LogP contribution is -2.49. The van der Waals surface area contributed by atoms with Crippen LogP contribution in [0.4, 0.5) is 4.79 Å². The first-order valence-corrected chi connectivity index (χ1v) is 6.86. The summed E-state index contributed by atoms with van der Waals surface area (Å²) in [6.45, 7) is 0.735. The number of imidazole rings is 1. The van der Waals surface area contributed by atoms with Gasteiger partial charge in [-0.25, -0.2) is 9.78 Å². The molecule has 7 heteroatoms. The summed E-state index contributed by atoms with van der Waals surface area (Å²) in [5.74, 6) is 0.0772. The molecule has 2 amide bonds. The molecule has 0 bridgehead atoms. The van der Waals surface area contributed by atoms with E-state index in [1.807, 2.05) is 0 Å². The minimum atomic E-state index is -0.818. The number of urea groups is 1. The third kappa shape index (κ3) is 3.49. The lowest BCUT2D eigenvalue weighted by atomic mass is 9.69. The number of nitrogens with one attached hydrogen (secondary N) is 3. The van der Waals surface area contributed by atoms with Gasteiger partial charge in [-0.2, -0.15) is 0 Å². The first-order chi connectivity index (χ1) is 9.62. The predicted octanol–water partition coefficient (Wildman–Crippen LogP) is 0.896. The maximum Gasteiger partial charge on any atom is 0.314 e. The fourth-order valence-electron chi connectivity index (χ4n) is 2.27. The van der Waals surface area contributed by atoms with E-state index in [0.717, 1.165) is 25.1 Å². The summed E-state index contributed by atoms with van der Waals surface area (Å²) in [6, 6.07) is -0.308. The molecule has 4 N–H and O–H groups in total. The number of hydrogen-bond acceptors (Lipinski definition) is 3. The van der Waals surface area contributed by atoms with Crippen molar-refractivity contribution in [3.63, 3.8) is 0 Å².